The zero-order valence-electron chi connectivity index (χ0n) is 17.9. The fourth-order valence-electron chi connectivity index (χ4n) is 3.70. The van der Waals surface area contributed by atoms with Gasteiger partial charge in [0.15, 0.2) is 0 Å². The van der Waals surface area contributed by atoms with E-state index in [0.29, 0.717) is 59.4 Å². The van der Waals surface area contributed by atoms with Gasteiger partial charge in [0.1, 0.15) is 17.5 Å². The maximum Gasteiger partial charge on any atom is 0.258 e. The van der Waals surface area contributed by atoms with Crippen LogP contribution in [0.2, 0.25) is 10.0 Å². The van der Waals surface area contributed by atoms with Gasteiger partial charge in [-0.2, -0.15) is 0 Å². The van der Waals surface area contributed by atoms with Gasteiger partial charge in [0.05, 0.1) is 28.0 Å². The molecule has 2 heterocycles. The largest absolute Gasteiger partial charge is 0.355 e. The van der Waals surface area contributed by atoms with Gasteiger partial charge < -0.3 is 15.1 Å². The highest BCUT2D eigenvalue weighted by atomic mass is 35.5. The molecular weight excluding hydrogens is 485 g/mol. The summed E-state index contributed by atoms with van der Waals surface area (Å²) in [4.78, 5) is 33.4. The van der Waals surface area contributed by atoms with E-state index < -0.39 is 17.5 Å². The molecule has 0 spiro atoms. The Morgan fingerprint density at radius 1 is 0.912 bits per heavy atom. The fourth-order valence-corrected chi connectivity index (χ4v) is 4.19. The molecule has 0 radical (unpaired) electrons. The lowest BCUT2D eigenvalue weighted by atomic mass is 10.2. The second kappa shape index (κ2) is 10.4. The highest BCUT2D eigenvalue weighted by molar-refractivity contribution is 6.36. The van der Waals surface area contributed by atoms with Crippen molar-refractivity contribution in [2.45, 2.75) is 6.42 Å². The van der Waals surface area contributed by atoms with Crippen LogP contribution in [-0.2, 0) is 0 Å². The number of carbonyl (C=O) groups excluding carboxylic acids is 2. The number of anilines is 2. The quantitative estimate of drug-likeness (QED) is 0.525. The lowest BCUT2D eigenvalue weighted by Gasteiger charge is -2.23. The van der Waals surface area contributed by atoms with Gasteiger partial charge in [-0.15, -0.1) is 0 Å². The third kappa shape index (κ3) is 5.46. The van der Waals surface area contributed by atoms with Crippen LogP contribution < -0.4 is 10.2 Å². The van der Waals surface area contributed by atoms with Crippen molar-refractivity contribution in [3.63, 3.8) is 0 Å². The number of nitrogens with one attached hydrogen (secondary N) is 1. The molecule has 3 aromatic rings. The number of aromatic nitrogens is 1. The first-order valence-corrected chi connectivity index (χ1v) is 11.3. The lowest BCUT2D eigenvalue weighted by molar-refractivity contribution is 0.0767. The monoisotopic (exact) mass is 504 g/mol. The Morgan fingerprint density at radius 2 is 1.71 bits per heavy atom. The molecule has 0 unspecified atom stereocenters. The van der Waals surface area contributed by atoms with Crippen molar-refractivity contribution < 1.29 is 18.4 Å². The van der Waals surface area contributed by atoms with Gasteiger partial charge in [-0.1, -0.05) is 23.2 Å². The van der Waals surface area contributed by atoms with Gasteiger partial charge in [-0.3, -0.25) is 9.59 Å². The highest BCUT2D eigenvalue weighted by Crippen LogP contribution is 2.24. The Balaban J connectivity index is 1.38. The smallest absolute Gasteiger partial charge is 0.258 e. The number of hydrogen-bond acceptors (Lipinski definition) is 4. The van der Waals surface area contributed by atoms with Crippen LogP contribution in [0.25, 0.3) is 0 Å². The van der Waals surface area contributed by atoms with E-state index in [0.717, 1.165) is 18.6 Å². The summed E-state index contributed by atoms with van der Waals surface area (Å²) in [6.07, 6.45) is 2.21. The number of halogens is 4. The normalized spacial score (nSPS) is 14.0. The van der Waals surface area contributed by atoms with Crippen LogP contribution >= 0.6 is 23.2 Å². The van der Waals surface area contributed by atoms with Crippen molar-refractivity contribution in [1.29, 1.82) is 0 Å². The Kier molecular flexibility index (Phi) is 7.29. The molecule has 0 saturated carbocycles. The first-order valence-electron chi connectivity index (χ1n) is 10.5. The summed E-state index contributed by atoms with van der Waals surface area (Å²) in [6.45, 7) is 2.32. The predicted molar refractivity (Wildman–Crippen MR) is 128 cm³/mol. The Morgan fingerprint density at radius 3 is 2.41 bits per heavy atom. The first-order chi connectivity index (χ1) is 16.3. The van der Waals surface area contributed by atoms with E-state index in [1.807, 2.05) is 4.90 Å². The minimum atomic E-state index is -0.939. The van der Waals surface area contributed by atoms with Gasteiger partial charge in [-0.25, -0.2) is 13.8 Å². The third-order valence-corrected chi connectivity index (χ3v) is 6.00. The number of rotatable bonds is 4. The van der Waals surface area contributed by atoms with Crippen LogP contribution in [0.3, 0.4) is 0 Å². The fraction of sp³-hybridized carbons (Fsp3) is 0.208. The first kappa shape index (κ1) is 23.9. The summed E-state index contributed by atoms with van der Waals surface area (Å²) in [5.74, 6) is -1.86. The molecule has 176 valence electrons. The lowest BCUT2D eigenvalue weighted by Crippen LogP contribution is -2.35. The minimum Gasteiger partial charge on any atom is -0.355 e. The number of nitrogens with zero attached hydrogens (tertiary/aromatic N) is 3. The topological polar surface area (TPSA) is 65.5 Å². The van der Waals surface area contributed by atoms with E-state index in [1.165, 1.54) is 6.20 Å². The molecule has 1 aromatic heterocycles. The maximum atomic E-state index is 13.8. The third-order valence-electron chi connectivity index (χ3n) is 5.45. The summed E-state index contributed by atoms with van der Waals surface area (Å²) in [5, 5.41) is 3.34. The average molecular weight is 505 g/mol. The standard InChI is InChI=1S/C24H20Cl2F2N4O2/c25-15-2-5-18(20(26)12-15)24(34)32-9-1-8-31(10-11-32)22-7-4-17(14-29-22)30-23(33)19-6-3-16(27)13-21(19)28/h2-7,12-14H,1,8-11H2,(H,30,33). The van der Waals surface area contributed by atoms with Gasteiger partial charge >= 0.3 is 0 Å². The number of benzene rings is 2. The van der Waals surface area contributed by atoms with Gasteiger partial charge in [0.25, 0.3) is 11.8 Å². The van der Waals surface area contributed by atoms with Crippen LogP contribution in [0.15, 0.2) is 54.7 Å². The van der Waals surface area contributed by atoms with Crippen molar-refractivity contribution in [2.24, 2.45) is 0 Å². The van der Waals surface area contributed by atoms with Gasteiger partial charge in [-0.05, 0) is 48.9 Å². The van der Waals surface area contributed by atoms with E-state index in [-0.39, 0.29) is 11.5 Å². The Bertz CT molecular complexity index is 1220. The van der Waals surface area contributed by atoms with E-state index in [4.69, 9.17) is 23.2 Å². The van der Waals surface area contributed by atoms with E-state index >= 15 is 0 Å². The second-order valence-electron chi connectivity index (χ2n) is 7.74. The molecule has 4 rings (SSSR count). The van der Waals surface area contributed by atoms with Crippen molar-refractivity contribution >= 4 is 46.5 Å². The van der Waals surface area contributed by atoms with E-state index in [1.54, 1.807) is 35.2 Å². The molecule has 0 atom stereocenters. The molecule has 1 aliphatic rings. The number of hydrogen-bond donors (Lipinski definition) is 1. The zero-order chi connectivity index (χ0) is 24.2. The molecule has 10 heteroatoms. The van der Waals surface area contributed by atoms with Crippen LogP contribution in [0.4, 0.5) is 20.3 Å². The van der Waals surface area contributed by atoms with Crippen LogP contribution in [0, 0.1) is 11.6 Å². The molecule has 2 amide bonds. The van der Waals surface area contributed by atoms with Crippen molar-refractivity contribution in [1.82, 2.24) is 9.88 Å². The maximum absolute atomic E-state index is 13.8. The Labute approximate surface area is 205 Å². The van der Waals surface area contributed by atoms with Gasteiger partial charge in [0, 0.05) is 37.3 Å². The molecule has 1 N–H and O–H groups in total. The number of carbonyl (C=O) groups is 2. The predicted octanol–water partition coefficient (Wildman–Crippen LogP) is 5.27. The number of amides is 2. The van der Waals surface area contributed by atoms with Gasteiger partial charge in [0.2, 0.25) is 0 Å². The van der Waals surface area contributed by atoms with Crippen LogP contribution in [0.1, 0.15) is 27.1 Å². The molecular formula is C24H20Cl2F2N4O2. The molecule has 1 fully saturated rings. The van der Waals surface area contributed by atoms with Crippen molar-refractivity contribution in [3.05, 3.63) is 87.5 Å². The molecule has 34 heavy (non-hydrogen) atoms. The van der Waals surface area contributed by atoms with E-state index in [9.17, 15) is 18.4 Å². The summed E-state index contributed by atoms with van der Waals surface area (Å²) >= 11 is 12.1. The second-order valence-corrected chi connectivity index (χ2v) is 8.58. The van der Waals surface area contributed by atoms with Crippen LogP contribution in [0.5, 0.6) is 0 Å². The molecule has 1 saturated heterocycles. The summed E-state index contributed by atoms with van der Waals surface area (Å²) in [7, 11) is 0. The average Bonchev–Trinajstić information content (AvgIpc) is 3.05. The molecule has 1 aliphatic heterocycles. The summed E-state index contributed by atoms with van der Waals surface area (Å²) in [6, 6.07) is 11.0. The summed E-state index contributed by atoms with van der Waals surface area (Å²) in [5.41, 5.74) is 0.528. The Hall–Kier alpha value is -3.23. The van der Waals surface area contributed by atoms with E-state index in [2.05, 4.69) is 10.3 Å². The minimum absolute atomic E-state index is 0.150. The van der Waals surface area contributed by atoms with Crippen molar-refractivity contribution in [3.8, 4) is 0 Å². The molecule has 6 nitrogen and oxygen atoms in total. The highest BCUT2D eigenvalue weighted by Gasteiger charge is 2.23. The molecule has 0 aliphatic carbocycles. The van der Waals surface area contributed by atoms with Crippen LogP contribution in [-0.4, -0.2) is 47.9 Å². The molecule has 2 aromatic carbocycles. The molecule has 0 bridgehead atoms. The SMILES string of the molecule is O=C(Nc1ccc(N2CCCN(C(=O)c3ccc(Cl)cc3Cl)CC2)nc1)c1ccc(F)cc1F. The number of pyridine rings is 1. The van der Waals surface area contributed by atoms with Crippen molar-refractivity contribution in [2.75, 3.05) is 36.4 Å². The summed E-state index contributed by atoms with van der Waals surface area (Å²) < 4.78 is 26.9. The zero-order valence-corrected chi connectivity index (χ0v) is 19.4.